The van der Waals surface area contributed by atoms with Crippen LogP contribution in [-0.2, 0) is 6.54 Å². The molecular formula is C18H19N3O2S. The van der Waals surface area contributed by atoms with Crippen LogP contribution in [0.15, 0.2) is 52.5 Å². The predicted molar refractivity (Wildman–Crippen MR) is 93.4 cm³/mol. The highest BCUT2D eigenvalue weighted by molar-refractivity contribution is 8.00. The standard InChI is InChI=1S/C18H19N3O2S/c1-12-6-7-15(9-13(12)2)17(22)14(3)24-18-20-19-11-21(18)10-16-5-4-8-23-16/h4-9,11,14H,10H2,1-3H3. The maximum atomic E-state index is 12.7. The number of Topliss-reactive ketones (excluding diaryl/α,β-unsaturated/α-hetero) is 1. The van der Waals surface area contributed by atoms with Crippen molar-refractivity contribution < 1.29 is 9.21 Å². The molecule has 0 aliphatic carbocycles. The predicted octanol–water partition coefficient (Wildman–Crippen LogP) is 3.90. The number of ketones is 1. The first-order chi connectivity index (χ1) is 11.5. The molecule has 24 heavy (non-hydrogen) atoms. The Balaban J connectivity index is 1.72. The highest BCUT2D eigenvalue weighted by atomic mass is 32.2. The Morgan fingerprint density at radius 1 is 1.29 bits per heavy atom. The number of carbonyl (C=O) groups is 1. The minimum Gasteiger partial charge on any atom is -0.467 e. The molecule has 0 bridgehead atoms. The molecule has 0 aliphatic heterocycles. The molecule has 0 aliphatic rings. The minimum absolute atomic E-state index is 0.0932. The Labute approximate surface area is 145 Å². The van der Waals surface area contributed by atoms with E-state index in [1.165, 1.54) is 17.3 Å². The molecule has 1 unspecified atom stereocenters. The summed E-state index contributed by atoms with van der Waals surface area (Å²) in [6.45, 7) is 6.50. The molecule has 6 heteroatoms. The summed E-state index contributed by atoms with van der Waals surface area (Å²) >= 11 is 1.41. The van der Waals surface area contributed by atoms with Crippen molar-refractivity contribution in [1.29, 1.82) is 0 Å². The van der Waals surface area contributed by atoms with Crippen LogP contribution < -0.4 is 0 Å². The normalized spacial score (nSPS) is 12.3. The Kier molecular flexibility index (Phi) is 4.85. The Morgan fingerprint density at radius 3 is 2.83 bits per heavy atom. The summed E-state index contributed by atoms with van der Waals surface area (Å²) in [6, 6.07) is 9.56. The van der Waals surface area contributed by atoms with E-state index in [-0.39, 0.29) is 11.0 Å². The van der Waals surface area contributed by atoms with E-state index in [1.807, 2.05) is 55.7 Å². The van der Waals surface area contributed by atoms with Crippen molar-refractivity contribution in [2.45, 2.75) is 37.7 Å². The van der Waals surface area contributed by atoms with E-state index in [9.17, 15) is 4.79 Å². The van der Waals surface area contributed by atoms with Gasteiger partial charge in [-0.25, -0.2) is 0 Å². The summed E-state index contributed by atoms with van der Waals surface area (Å²) in [4.78, 5) is 12.7. The first kappa shape index (κ1) is 16.5. The number of aryl methyl sites for hydroxylation is 2. The fourth-order valence-corrected chi connectivity index (χ4v) is 3.26. The molecular weight excluding hydrogens is 322 g/mol. The third-order valence-electron chi connectivity index (χ3n) is 3.93. The third kappa shape index (κ3) is 3.59. The van der Waals surface area contributed by atoms with Gasteiger partial charge >= 0.3 is 0 Å². The minimum atomic E-state index is -0.244. The summed E-state index contributed by atoms with van der Waals surface area (Å²) in [5.74, 6) is 0.917. The molecule has 3 rings (SSSR count). The van der Waals surface area contributed by atoms with Gasteiger partial charge in [-0.05, 0) is 50.1 Å². The SMILES string of the molecule is Cc1ccc(C(=O)C(C)Sc2nncn2Cc2ccco2)cc1C. The monoisotopic (exact) mass is 341 g/mol. The topological polar surface area (TPSA) is 60.9 Å². The van der Waals surface area contributed by atoms with E-state index < -0.39 is 0 Å². The van der Waals surface area contributed by atoms with Gasteiger partial charge in [-0.1, -0.05) is 23.9 Å². The summed E-state index contributed by atoms with van der Waals surface area (Å²) < 4.78 is 7.24. The van der Waals surface area contributed by atoms with Crippen LogP contribution >= 0.6 is 11.8 Å². The second-order valence-electron chi connectivity index (χ2n) is 5.74. The van der Waals surface area contributed by atoms with Gasteiger partial charge in [-0.3, -0.25) is 4.79 Å². The fourth-order valence-electron chi connectivity index (χ4n) is 2.36. The second-order valence-corrected chi connectivity index (χ2v) is 7.05. The van der Waals surface area contributed by atoms with E-state index >= 15 is 0 Å². The Bertz CT molecular complexity index is 840. The molecule has 1 atom stereocenters. The van der Waals surface area contributed by atoms with Crippen molar-refractivity contribution >= 4 is 17.5 Å². The summed E-state index contributed by atoms with van der Waals surface area (Å²) in [6.07, 6.45) is 3.29. The fraction of sp³-hybridized carbons (Fsp3) is 0.278. The van der Waals surface area contributed by atoms with Crippen LogP contribution in [0.25, 0.3) is 0 Å². The van der Waals surface area contributed by atoms with Gasteiger partial charge in [0.05, 0.1) is 18.1 Å². The molecule has 0 N–H and O–H groups in total. The van der Waals surface area contributed by atoms with Gasteiger partial charge in [0.2, 0.25) is 0 Å². The van der Waals surface area contributed by atoms with Gasteiger partial charge in [-0.2, -0.15) is 0 Å². The van der Waals surface area contributed by atoms with Crippen LogP contribution in [0.4, 0.5) is 0 Å². The quantitative estimate of drug-likeness (QED) is 0.503. The number of nitrogens with zero attached hydrogens (tertiary/aromatic N) is 3. The lowest BCUT2D eigenvalue weighted by Gasteiger charge is -2.11. The Hall–Kier alpha value is -2.34. The number of benzene rings is 1. The van der Waals surface area contributed by atoms with E-state index in [4.69, 9.17) is 4.42 Å². The van der Waals surface area contributed by atoms with Gasteiger partial charge in [0.25, 0.3) is 0 Å². The second kappa shape index (κ2) is 7.05. The summed E-state index contributed by atoms with van der Waals surface area (Å²) in [5.41, 5.74) is 3.04. The van der Waals surface area contributed by atoms with E-state index in [2.05, 4.69) is 10.2 Å². The molecule has 0 saturated carbocycles. The zero-order valence-electron chi connectivity index (χ0n) is 13.9. The lowest BCUT2D eigenvalue weighted by Crippen LogP contribution is -2.15. The molecule has 2 heterocycles. The summed E-state index contributed by atoms with van der Waals surface area (Å²) in [5, 5.41) is 8.54. The van der Waals surface area contributed by atoms with E-state index in [0.717, 1.165) is 16.9 Å². The maximum absolute atomic E-state index is 12.7. The van der Waals surface area contributed by atoms with Crippen molar-refractivity contribution in [2.24, 2.45) is 0 Å². The Morgan fingerprint density at radius 2 is 2.12 bits per heavy atom. The third-order valence-corrected chi connectivity index (χ3v) is 5.02. The largest absolute Gasteiger partial charge is 0.467 e. The zero-order chi connectivity index (χ0) is 17.1. The number of furan rings is 1. The molecule has 124 valence electrons. The first-order valence-electron chi connectivity index (χ1n) is 7.73. The number of carbonyl (C=O) groups excluding carboxylic acids is 1. The van der Waals surface area contributed by atoms with Crippen LogP contribution in [0, 0.1) is 13.8 Å². The number of thioether (sulfide) groups is 1. The number of hydrogen-bond acceptors (Lipinski definition) is 5. The van der Waals surface area contributed by atoms with Crippen molar-refractivity contribution in [1.82, 2.24) is 14.8 Å². The molecule has 1 aromatic carbocycles. The molecule has 3 aromatic rings. The smallest absolute Gasteiger partial charge is 0.192 e. The molecule has 0 radical (unpaired) electrons. The van der Waals surface area contributed by atoms with Crippen LogP contribution in [0.3, 0.4) is 0 Å². The average Bonchev–Trinajstić information content (AvgIpc) is 3.22. The van der Waals surface area contributed by atoms with E-state index in [0.29, 0.717) is 11.7 Å². The van der Waals surface area contributed by atoms with Crippen molar-refractivity contribution in [3.8, 4) is 0 Å². The van der Waals surface area contributed by atoms with Gasteiger partial charge in [0.15, 0.2) is 10.9 Å². The number of aromatic nitrogens is 3. The molecule has 0 spiro atoms. The molecule has 0 saturated heterocycles. The molecule has 2 aromatic heterocycles. The summed E-state index contributed by atoms with van der Waals surface area (Å²) in [7, 11) is 0. The first-order valence-corrected chi connectivity index (χ1v) is 8.61. The molecule has 5 nitrogen and oxygen atoms in total. The highest BCUT2D eigenvalue weighted by Crippen LogP contribution is 2.25. The van der Waals surface area contributed by atoms with Crippen LogP contribution in [0.5, 0.6) is 0 Å². The van der Waals surface area contributed by atoms with Crippen LogP contribution in [-0.4, -0.2) is 25.8 Å². The van der Waals surface area contributed by atoms with Crippen molar-refractivity contribution in [3.05, 3.63) is 65.4 Å². The highest BCUT2D eigenvalue weighted by Gasteiger charge is 2.20. The lowest BCUT2D eigenvalue weighted by molar-refractivity contribution is 0.0993. The van der Waals surface area contributed by atoms with Crippen LogP contribution in [0.1, 0.15) is 34.2 Å². The molecule has 0 fully saturated rings. The van der Waals surface area contributed by atoms with Gasteiger partial charge in [0.1, 0.15) is 12.1 Å². The molecule has 0 amide bonds. The van der Waals surface area contributed by atoms with E-state index in [1.54, 1.807) is 12.6 Å². The van der Waals surface area contributed by atoms with Crippen molar-refractivity contribution in [2.75, 3.05) is 0 Å². The maximum Gasteiger partial charge on any atom is 0.192 e. The average molecular weight is 341 g/mol. The number of rotatable bonds is 6. The van der Waals surface area contributed by atoms with Crippen LogP contribution in [0.2, 0.25) is 0 Å². The van der Waals surface area contributed by atoms with Crippen molar-refractivity contribution in [3.63, 3.8) is 0 Å². The van der Waals surface area contributed by atoms with Gasteiger partial charge in [0, 0.05) is 5.56 Å². The number of hydrogen-bond donors (Lipinski definition) is 0. The zero-order valence-corrected chi connectivity index (χ0v) is 14.7. The van der Waals surface area contributed by atoms with Gasteiger partial charge < -0.3 is 8.98 Å². The lowest BCUT2D eigenvalue weighted by atomic mass is 10.0. The van der Waals surface area contributed by atoms with Gasteiger partial charge in [-0.15, -0.1) is 10.2 Å².